The van der Waals surface area contributed by atoms with Crippen molar-refractivity contribution >= 4 is 30.8 Å². The molecule has 0 bridgehead atoms. The zero-order valence-electron chi connectivity index (χ0n) is 6.39. The van der Waals surface area contributed by atoms with E-state index in [0.29, 0.717) is 10.6 Å². The van der Waals surface area contributed by atoms with Crippen LogP contribution < -0.4 is 0 Å². The van der Waals surface area contributed by atoms with E-state index in [9.17, 15) is 4.57 Å². The molecule has 0 saturated heterocycles. The molecular formula is C7H7Cl2O3P. The Bertz CT molecular complexity index is 332. The Morgan fingerprint density at radius 3 is 2.08 bits per heavy atom. The molecule has 0 heterocycles. The van der Waals surface area contributed by atoms with E-state index in [4.69, 9.17) is 33.0 Å². The van der Waals surface area contributed by atoms with Crippen molar-refractivity contribution in [3.8, 4) is 0 Å². The van der Waals surface area contributed by atoms with Gasteiger partial charge in [0.2, 0.25) is 0 Å². The van der Waals surface area contributed by atoms with Gasteiger partial charge >= 0.3 is 7.60 Å². The van der Waals surface area contributed by atoms with Crippen molar-refractivity contribution < 1.29 is 14.4 Å². The fourth-order valence-electron chi connectivity index (χ4n) is 0.816. The minimum absolute atomic E-state index is 0.361. The van der Waals surface area contributed by atoms with E-state index in [1.54, 1.807) is 0 Å². The van der Waals surface area contributed by atoms with E-state index in [1.807, 2.05) is 0 Å². The van der Waals surface area contributed by atoms with Gasteiger partial charge in [0.25, 0.3) is 0 Å². The first-order chi connectivity index (χ1) is 5.91. The lowest BCUT2D eigenvalue weighted by Crippen LogP contribution is -1.91. The molecule has 13 heavy (non-hydrogen) atoms. The average molecular weight is 241 g/mol. The van der Waals surface area contributed by atoms with Gasteiger partial charge in [-0.3, -0.25) is 4.57 Å². The Morgan fingerprint density at radius 1 is 1.23 bits per heavy atom. The molecule has 6 heteroatoms. The van der Waals surface area contributed by atoms with E-state index in [2.05, 4.69) is 0 Å². The van der Waals surface area contributed by atoms with Crippen LogP contribution in [0.25, 0.3) is 0 Å². The highest BCUT2D eigenvalue weighted by atomic mass is 35.5. The van der Waals surface area contributed by atoms with Crippen molar-refractivity contribution in [3.05, 3.63) is 34.9 Å². The van der Waals surface area contributed by atoms with Crippen LogP contribution in [0, 0.1) is 0 Å². The largest absolute Gasteiger partial charge is 0.347 e. The molecule has 1 aromatic carbocycles. The highest BCUT2D eigenvalue weighted by molar-refractivity contribution is 7.54. The summed E-state index contributed by atoms with van der Waals surface area (Å²) in [5, 5.41) is -0.803. The maximum atomic E-state index is 10.7. The van der Waals surface area contributed by atoms with Crippen LogP contribution in [0.4, 0.5) is 0 Å². The van der Waals surface area contributed by atoms with Crippen LogP contribution >= 0.6 is 30.8 Å². The van der Waals surface area contributed by atoms with Crippen LogP contribution in [0.1, 0.15) is 10.7 Å². The number of alkyl halides is 1. The van der Waals surface area contributed by atoms with Gasteiger partial charge in [-0.25, -0.2) is 0 Å². The van der Waals surface area contributed by atoms with Crippen LogP contribution in [-0.2, 0) is 4.57 Å². The molecule has 0 amide bonds. The monoisotopic (exact) mass is 240 g/mol. The molecule has 0 aliphatic heterocycles. The SMILES string of the molecule is O=P(O)(O)C(Cl)c1ccc(Cl)cc1. The van der Waals surface area contributed by atoms with E-state index in [0.717, 1.165) is 0 Å². The maximum absolute atomic E-state index is 10.7. The topological polar surface area (TPSA) is 57.5 Å². The Hall–Kier alpha value is -0.0500. The second-order valence-corrected chi connectivity index (χ2v) is 5.35. The number of hydrogen-bond donors (Lipinski definition) is 2. The molecule has 0 radical (unpaired) electrons. The van der Waals surface area contributed by atoms with Gasteiger partial charge in [-0.1, -0.05) is 23.7 Å². The number of hydrogen-bond acceptors (Lipinski definition) is 1. The fourth-order valence-corrected chi connectivity index (χ4v) is 1.65. The third-order valence-corrected chi connectivity index (χ3v) is 3.60. The Morgan fingerprint density at radius 2 is 1.69 bits per heavy atom. The van der Waals surface area contributed by atoms with E-state index in [1.165, 1.54) is 24.3 Å². The molecule has 0 aliphatic carbocycles. The summed E-state index contributed by atoms with van der Waals surface area (Å²) in [6.07, 6.45) is 0. The molecule has 1 aromatic rings. The molecule has 2 N–H and O–H groups in total. The molecular weight excluding hydrogens is 234 g/mol. The van der Waals surface area contributed by atoms with Crippen molar-refractivity contribution in [1.82, 2.24) is 0 Å². The van der Waals surface area contributed by atoms with Crippen LogP contribution in [0.2, 0.25) is 5.02 Å². The molecule has 1 atom stereocenters. The van der Waals surface area contributed by atoms with Crippen molar-refractivity contribution in [1.29, 1.82) is 0 Å². The summed E-state index contributed by atoms with van der Waals surface area (Å²) in [7, 11) is -4.27. The van der Waals surface area contributed by atoms with E-state index in [-0.39, 0.29) is 0 Å². The van der Waals surface area contributed by atoms with Gasteiger partial charge in [0, 0.05) is 5.02 Å². The Balaban J connectivity index is 2.97. The van der Waals surface area contributed by atoms with Crippen molar-refractivity contribution in [2.75, 3.05) is 0 Å². The maximum Gasteiger partial charge on any atom is 0.347 e. The second-order valence-electron chi connectivity index (χ2n) is 2.48. The van der Waals surface area contributed by atoms with Crippen molar-refractivity contribution in [3.63, 3.8) is 0 Å². The van der Waals surface area contributed by atoms with Gasteiger partial charge in [0.15, 0.2) is 5.12 Å². The van der Waals surface area contributed by atoms with E-state index >= 15 is 0 Å². The molecule has 0 aromatic heterocycles. The molecule has 1 rings (SSSR count). The molecule has 0 aliphatic rings. The summed E-state index contributed by atoms with van der Waals surface area (Å²) in [6.45, 7) is 0. The first kappa shape index (κ1) is 11.0. The van der Waals surface area contributed by atoms with Crippen LogP contribution in [0.15, 0.2) is 24.3 Å². The van der Waals surface area contributed by atoms with Crippen LogP contribution in [-0.4, -0.2) is 9.79 Å². The first-order valence-corrected chi connectivity index (χ1v) is 5.85. The summed E-state index contributed by atoms with van der Waals surface area (Å²) in [5.74, 6) is 0. The third-order valence-electron chi connectivity index (χ3n) is 1.44. The van der Waals surface area contributed by atoms with Gasteiger partial charge in [0.1, 0.15) is 0 Å². The quantitative estimate of drug-likeness (QED) is 0.618. The van der Waals surface area contributed by atoms with Gasteiger partial charge in [0.05, 0.1) is 0 Å². The Kier molecular flexibility index (Phi) is 3.38. The van der Waals surface area contributed by atoms with Gasteiger partial charge in [-0.15, -0.1) is 11.6 Å². The summed E-state index contributed by atoms with van der Waals surface area (Å²) in [5.41, 5.74) is 0.361. The zero-order valence-corrected chi connectivity index (χ0v) is 8.80. The van der Waals surface area contributed by atoms with Crippen molar-refractivity contribution in [2.45, 2.75) is 5.12 Å². The molecule has 0 saturated carbocycles. The minimum atomic E-state index is -4.27. The predicted molar refractivity (Wildman–Crippen MR) is 52.1 cm³/mol. The highest BCUT2D eigenvalue weighted by Gasteiger charge is 2.27. The first-order valence-electron chi connectivity index (χ1n) is 3.36. The lowest BCUT2D eigenvalue weighted by molar-refractivity contribution is 0.370. The third kappa shape index (κ3) is 2.97. The zero-order chi connectivity index (χ0) is 10.1. The number of rotatable bonds is 2. The molecule has 1 unspecified atom stereocenters. The summed E-state index contributed by atoms with van der Waals surface area (Å²) < 4.78 is 10.7. The van der Waals surface area contributed by atoms with Crippen LogP contribution in [0.5, 0.6) is 0 Å². The predicted octanol–water partition coefficient (Wildman–Crippen LogP) is 2.76. The van der Waals surface area contributed by atoms with E-state index < -0.39 is 12.7 Å². The lowest BCUT2D eigenvalue weighted by Gasteiger charge is -2.11. The van der Waals surface area contributed by atoms with Gasteiger partial charge in [-0.05, 0) is 17.7 Å². The fraction of sp³-hybridized carbons (Fsp3) is 0.143. The number of benzene rings is 1. The molecule has 3 nitrogen and oxygen atoms in total. The van der Waals surface area contributed by atoms with Gasteiger partial charge < -0.3 is 9.79 Å². The second kappa shape index (κ2) is 3.99. The lowest BCUT2D eigenvalue weighted by atomic mass is 10.2. The molecule has 72 valence electrons. The number of halogens is 2. The normalized spacial score (nSPS) is 14.2. The average Bonchev–Trinajstić information content (AvgIpc) is 2.03. The molecule has 0 fully saturated rings. The van der Waals surface area contributed by atoms with Crippen LogP contribution in [0.3, 0.4) is 0 Å². The summed E-state index contributed by atoms with van der Waals surface area (Å²) in [6, 6.07) is 6.03. The summed E-state index contributed by atoms with van der Waals surface area (Å²) >= 11 is 11.1. The highest BCUT2D eigenvalue weighted by Crippen LogP contribution is 2.54. The Labute approximate surface area is 85.5 Å². The standard InChI is InChI=1S/C7H7Cl2O3P/c8-6-3-1-5(2-4-6)7(9)13(10,11)12/h1-4,7H,(H2,10,11,12). The van der Waals surface area contributed by atoms with Crippen molar-refractivity contribution in [2.24, 2.45) is 0 Å². The molecule has 0 spiro atoms. The van der Waals surface area contributed by atoms with Gasteiger partial charge in [-0.2, -0.15) is 0 Å². The smallest absolute Gasteiger partial charge is 0.323 e. The summed E-state index contributed by atoms with van der Waals surface area (Å²) in [4.78, 5) is 17.5. The minimum Gasteiger partial charge on any atom is -0.323 e.